The van der Waals surface area contributed by atoms with Gasteiger partial charge in [-0.25, -0.2) is 12.7 Å². The maximum absolute atomic E-state index is 13.1. The van der Waals surface area contributed by atoms with Gasteiger partial charge in [-0.2, -0.15) is 0 Å². The number of piperidine rings is 1. The Kier molecular flexibility index (Phi) is 5.95. The van der Waals surface area contributed by atoms with Crippen LogP contribution in [0.15, 0.2) is 24.3 Å². The molecular formula is C19H27N3O5S. The number of hydrogen-bond donors (Lipinski definition) is 0. The minimum absolute atomic E-state index is 0.0776. The van der Waals surface area contributed by atoms with Crippen LogP contribution in [0.2, 0.25) is 0 Å². The van der Waals surface area contributed by atoms with Gasteiger partial charge in [0.15, 0.2) is 0 Å². The van der Waals surface area contributed by atoms with Gasteiger partial charge in [0.1, 0.15) is 17.9 Å². The van der Waals surface area contributed by atoms with Crippen LogP contribution in [0.3, 0.4) is 0 Å². The van der Waals surface area contributed by atoms with Crippen molar-refractivity contribution < 1.29 is 22.7 Å². The lowest BCUT2D eigenvalue weighted by Gasteiger charge is -2.37. The Labute approximate surface area is 166 Å². The Balaban J connectivity index is 1.72. The largest absolute Gasteiger partial charge is 0.489 e. The van der Waals surface area contributed by atoms with Crippen LogP contribution >= 0.6 is 0 Å². The van der Waals surface area contributed by atoms with Gasteiger partial charge in [0.05, 0.1) is 11.8 Å². The van der Waals surface area contributed by atoms with Crippen molar-refractivity contribution in [2.75, 3.05) is 39.5 Å². The maximum Gasteiger partial charge on any atom is 0.258 e. The number of piperazine rings is 1. The van der Waals surface area contributed by atoms with Gasteiger partial charge in [0.25, 0.3) is 5.91 Å². The summed E-state index contributed by atoms with van der Waals surface area (Å²) in [6, 6.07) is 6.51. The first-order chi connectivity index (χ1) is 13.2. The van der Waals surface area contributed by atoms with E-state index in [0.29, 0.717) is 50.3 Å². The van der Waals surface area contributed by atoms with Crippen LogP contribution in [-0.4, -0.2) is 86.0 Å². The zero-order chi connectivity index (χ0) is 20.5. The Morgan fingerprint density at radius 2 is 1.75 bits per heavy atom. The van der Waals surface area contributed by atoms with Crippen molar-refractivity contribution in [1.82, 2.24) is 14.1 Å². The van der Waals surface area contributed by atoms with Crippen molar-refractivity contribution in [3.63, 3.8) is 0 Å². The number of rotatable bonds is 4. The van der Waals surface area contributed by atoms with Gasteiger partial charge in [-0.05, 0) is 31.9 Å². The Morgan fingerprint density at radius 3 is 2.39 bits per heavy atom. The minimum Gasteiger partial charge on any atom is -0.489 e. The molecule has 8 nitrogen and oxygen atoms in total. The zero-order valence-corrected chi connectivity index (χ0v) is 17.3. The first-order valence-electron chi connectivity index (χ1n) is 9.45. The van der Waals surface area contributed by atoms with E-state index in [-0.39, 0.29) is 17.9 Å². The van der Waals surface area contributed by atoms with Gasteiger partial charge in [-0.3, -0.25) is 9.59 Å². The second-order valence-corrected chi connectivity index (χ2v) is 9.39. The van der Waals surface area contributed by atoms with E-state index in [1.165, 1.54) is 10.6 Å². The molecule has 3 rings (SSSR count). The number of sulfonamides is 1. The second-order valence-electron chi connectivity index (χ2n) is 7.41. The van der Waals surface area contributed by atoms with E-state index >= 15 is 0 Å². The smallest absolute Gasteiger partial charge is 0.258 e. The molecular weight excluding hydrogens is 382 g/mol. The highest BCUT2D eigenvalue weighted by atomic mass is 32.2. The molecule has 1 atom stereocenters. The minimum atomic E-state index is -3.19. The van der Waals surface area contributed by atoms with Gasteiger partial charge < -0.3 is 14.5 Å². The molecule has 2 fully saturated rings. The molecule has 1 aromatic carbocycles. The molecule has 0 radical (unpaired) electrons. The average Bonchev–Trinajstić information content (AvgIpc) is 2.66. The van der Waals surface area contributed by atoms with E-state index in [4.69, 9.17) is 4.74 Å². The summed E-state index contributed by atoms with van der Waals surface area (Å²) in [6.45, 7) is 3.53. The highest BCUT2D eigenvalue weighted by Crippen LogP contribution is 2.26. The third-order valence-corrected chi connectivity index (χ3v) is 6.72. The standard InChI is InChI=1S/C19H27N3O5S/c1-14-18(23)20(2)12-13-22(14)19(24)16-6-4-5-7-17(16)27-15-8-10-21(11-9-15)28(3,25)26/h4-7,14-15H,8-13H2,1-3H3/t14-/m0/s1. The molecule has 28 heavy (non-hydrogen) atoms. The number of hydrogen-bond acceptors (Lipinski definition) is 5. The van der Waals surface area contributed by atoms with Gasteiger partial charge in [-0.15, -0.1) is 0 Å². The van der Waals surface area contributed by atoms with Crippen LogP contribution in [0.25, 0.3) is 0 Å². The number of nitrogens with zero attached hydrogens (tertiary/aromatic N) is 3. The number of carbonyl (C=O) groups is 2. The summed E-state index contributed by atoms with van der Waals surface area (Å²) in [7, 11) is -1.46. The molecule has 2 amide bonds. The fourth-order valence-electron chi connectivity index (χ4n) is 3.65. The predicted octanol–water partition coefficient (Wildman–Crippen LogP) is 0.792. The lowest BCUT2D eigenvalue weighted by molar-refractivity contribution is -0.137. The van der Waals surface area contributed by atoms with Gasteiger partial charge in [-0.1, -0.05) is 12.1 Å². The molecule has 9 heteroatoms. The molecule has 0 N–H and O–H groups in total. The number of para-hydroxylation sites is 1. The second kappa shape index (κ2) is 8.08. The number of ether oxygens (including phenoxy) is 1. The molecule has 0 bridgehead atoms. The topological polar surface area (TPSA) is 87.2 Å². The van der Waals surface area contributed by atoms with Crippen molar-refractivity contribution in [1.29, 1.82) is 0 Å². The number of likely N-dealkylation sites (N-methyl/N-ethyl adjacent to an activating group) is 1. The number of amides is 2. The summed E-state index contributed by atoms with van der Waals surface area (Å²) >= 11 is 0. The average molecular weight is 410 g/mol. The monoisotopic (exact) mass is 409 g/mol. The van der Waals surface area contributed by atoms with Crippen LogP contribution in [0, 0.1) is 0 Å². The summed E-state index contributed by atoms with van der Waals surface area (Å²) in [5, 5.41) is 0. The third-order valence-electron chi connectivity index (χ3n) is 5.42. The highest BCUT2D eigenvalue weighted by Gasteiger charge is 2.34. The molecule has 2 aliphatic rings. The fourth-order valence-corrected chi connectivity index (χ4v) is 4.53. The van der Waals surface area contributed by atoms with E-state index in [1.54, 1.807) is 48.0 Å². The van der Waals surface area contributed by atoms with E-state index in [9.17, 15) is 18.0 Å². The Bertz CT molecular complexity index is 849. The normalized spacial score (nSPS) is 22.4. The Morgan fingerprint density at radius 1 is 1.11 bits per heavy atom. The van der Waals surface area contributed by atoms with E-state index < -0.39 is 16.1 Å². The molecule has 2 heterocycles. The van der Waals surface area contributed by atoms with Crippen LogP contribution in [-0.2, 0) is 14.8 Å². The third kappa shape index (κ3) is 4.30. The summed E-state index contributed by atoms with van der Waals surface area (Å²) < 4.78 is 30.8. The van der Waals surface area contributed by atoms with Crippen molar-refractivity contribution in [2.24, 2.45) is 0 Å². The molecule has 0 aromatic heterocycles. The van der Waals surface area contributed by atoms with Crippen molar-refractivity contribution in [3.05, 3.63) is 29.8 Å². The van der Waals surface area contributed by atoms with Gasteiger partial charge >= 0.3 is 0 Å². The maximum atomic E-state index is 13.1. The molecule has 0 spiro atoms. The van der Waals surface area contributed by atoms with Gasteiger partial charge in [0.2, 0.25) is 15.9 Å². The quantitative estimate of drug-likeness (QED) is 0.734. The summed E-state index contributed by atoms with van der Waals surface area (Å²) in [5.74, 6) is 0.174. The van der Waals surface area contributed by atoms with Crippen LogP contribution in [0.5, 0.6) is 5.75 Å². The van der Waals surface area contributed by atoms with E-state index in [2.05, 4.69) is 0 Å². The van der Waals surface area contributed by atoms with E-state index in [1.807, 2.05) is 0 Å². The molecule has 0 saturated carbocycles. The molecule has 0 unspecified atom stereocenters. The molecule has 0 aliphatic carbocycles. The number of carbonyl (C=O) groups excluding carboxylic acids is 2. The predicted molar refractivity (Wildman–Crippen MR) is 105 cm³/mol. The van der Waals surface area contributed by atoms with Crippen LogP contribution in [0.1, 0.15) is 30.1 Å². The first-order valence-corrected chi connectivity index (χ1v) is 11.3. The molecule has 2 saturated heterocycles. The fraction of sp³-hybridized carbons (Fsp3) is 0.579. The van der Waals surface area contributed by atoms with Crippen molar-refractivity contribution >= 4 is 21.8 Å². The number of benzene rings is 1. The zero-order valence-electron chi connectivity index (χ0n) is 16.5. The Hall–Kier alpha value is -2.13. The van der Waals surface area contributed by atoms with E-state index in [0.717, 1.165) is 0 Å². The molecule has 2 aliphatic heterocycles. The summed E-state index contributed by atoms with van der Waals surface area (Å²) in [4.78, 5) is 28.5. The molecule has 1 aromatic rings. The molecule has 154 valence electrons. The van der Waals surface area contributed by atoms with Crippen LogP contribution in [0.4, 0.5) is 0 Å². The first kappa shape index (κ1) is 20.6. The van der Waals surface area contributed by atoms with Gasteiger partial charge in [0, 0.05) is 33.2 Å². The summed E-state index contributed by atoms with van der Waals surface area (Å²) in [5.41, 5.74) is 0.428. The lowest BCUT2D eigenvalue weighted by atomic mass is 10.1. The summed E-state index contributed by atoms with van der Waals surface area (Å²) in [6.07, 6.45) is 2.19. The van der Waals surface area contributed by atoms with Crippen molar-refractivity contribution in [2.45, 2.75) is 31.9 Å². The van der Waals surface area contributed by atoms with Crippen LogP contribution < -0.4 is 4.74 Å². The lowest BCUT2D eigenvalue weighted by Crippen LogP contribution is -2.56. The SMILES string of the molecule is C[C@H]1C(=O)N(C)CCN1C(=O)c1ccccc1OC1CCN(S(C)(=O)=O)CC1. The highest BCUT2D eigenvalue weighted by molar-refractivity contribution is 7.88. The van der Waals surface area contributed by atoms with Crippen molar-refractivity contribution in [3.8, 4) is 5.75 Å².